The molecule has 0 aliphatic heterocycles. The van der Waals surface area contributed by atoms with Gasteiger partial charge in [-0.05, 0) is 18.6 Å². The average Bonchev–Trinajstić information content (AvgIpc) is 2.15. The summed E-state index contributed by atoms with van der Waals surface area (Å²) in [6.45, 7) is 1.62. The SMILES string of the molecule is COc1cc(CC(=O)C(F)(F)F)cc(C)n1. The molecule has 0 saturated heterocycles. The molecule has 0 spiro atoms. The number of hydrogen-bond donors (Lipinski definition) is 0. The first-order valence-corrected chi connectivity index (χ1v) is 4.44. The van der Waals surface area contributed by atoms with Crippen LogP contribution in [0.4, 0.5) is 13.2 Å². The minimum absolute atomic E-state index is 0.199. The number of alkyl halides is 3. The van der Waals surface area contributed by atoms with E-state index in [1.807, 2.05) is 0 Å². The van der Waals surface area contributed by atoms with Crippen molar-refractivity contribution in [3.63, 3.8) is 0 Å². The van der Waals surface area contributed by atoms with E-state index in [0.29, 0.717) is 5.69 Å². The Labute approximate surface area is 90.2 Å². The molecule has 16 heavy (non-hydrogen) atoms. The van der Waals surface area contributed by atoms with Crippen molar-refractivity contribution in [3.05, 3.63) is 23.4 Å². The Balaban J connectivity index is 2.89. The maximum atomic E-state index is 12.0. The van der Waals surface area contributed by atoms with Crippen LogP contribution in [0.1, 0.15) is 11.3 Å². The van der Waals surface area contributed by atoms with Gasteiger partial charge in [0.25, 0.3) is 0 Å². The van der Waals surface area contributed by atoms with Crippen LogP contribution in [-0.2, 0) is 11.2 Å². The predicted molar refractivity (Wildman–Crippen MR) is 50.3 cm³/mol. The molecule has 0 amide bonds. The molecular formula is C10H10F3NO2. The molecule has 0 aromatic carbocycles. The van der Waals surface area contributed by atoms with Gasteiger partial charge >= 0.3 is 6.18 Å². The number of ether oxygens (including phenoxy) is 1. The first-order chi connectivity index (χ1) is 7.32. The second-order valence-corrected chi connectivity index (χ2v) is 3.26. The fourth-order valence-electron chi connectivity index (χ4n) is 1.20. The van der Waals surface area contributed by atoms with Gasteiger partial charge in [0.05, 0.1) is 7.11 Å². The monoisotopic (exact) mass is 233 g/mol. The van der Waals surface area contributed by atoms with Crippen LogP contribution >= 0.6 is 0 Å². The second kappa shape index (κ2) is 4.51. The summed E-state index contributed by atoms with van der Waals surface area (Å²) in [5.41, 5.74) is 0.746. The van der Waals surface area contributed by atoms with Crippen molar-refractivity contribution in [1.29, 1.82) is 0 Å². The standard InChI is InChI=1S/C10H10F3NO2/c1-6-3-7(5-9(14-6)16-2)4-8(15)10(11,12)13/h3,5H,4H2,1-2H3. The van der Waals surface area contributed by atoms with Gasteiger partial charge in [-0.25, -0.2) is 4.98 Å². The number of hydrogen-bond acceptors (Lipinski definition) is 3. The molecule has 0 unspecified atom stereocenters. The van der Waals surface area contributed by atoms with Crippen LogP contribution in [0, 0.1) is 6.92 Å². The molecule has 0 atom stereocenters. The van der Waals surface area contributed by atoms with Crippen LogP contribution in [0.5, 0.6) is 5.88 Å². The maximum absolute atomic E-state index is 12.0. The quantitative estimate of drug-likeness (QED) is 0.802. The molecule has 0 radical (unpaired) electrons. The Bertz CT molecular complexity index is 402. The van der Waals surface area contributed by atoms with E-state index in [4.69, 9.17) is 4.74 Å². The summed E-state index contributed by atoms with van der Waals surface area (Å²) in [5, 5.41) is 0. The zero-order valence-corrected chi connectivity index (χ0v) is 8.76. The van der Waals surface area contributed by atoms with Crippen LogP contribution in [0.2, 0.25) is 0 Å². The lowest BCUT2D eigenvalue weighted by atomic mass is 10.1. The molecule has 0 N–H and O–H groups in total. The highest BCUT2D eigenvalue weighted by atomic mass is 19.4. The normalized spacial score (nSPS) is 11.3. The molecule has 0 aliphatic rings. The predicted octanol–water partition coefficient (Wildman–Crippen LogP) is 2.07. The zero-order chi connectivity index (χ0) is 12.3. The number of pyridine rings is 1. The highest BCUT2D eigenvalue weighted by molar-refractivity contribution is 5.86. The number of ketones is 1. The van der Waals surface area contributed by atoms with E-state index in [-0.39, 0.29) is 11.4 Å². The van der Waals surface area contributed by atoms with E-state index in [1.54, 1.807) is 6.92 Å². The Morgan fingerprint density at radius 1 is 1.44 bits per heavy atom. The minimum atomic E-state index is -4.80. The molecule has 1 aromatic rings. The number of halogens is 3. The third-order valence-electron chi connectivity index (χ3n) is 1.88. The summed E-state index contributed by atoms with van der Waals surface area (Å²) in [4.78, 5) is 14.7. The number of aryl methyl sites for hydroxylation is 1. The number of carbonyl (C=O) groups is 1. The summed E-state index contributed by atoms with van der Waals surface area (Å²) in [6.07, 6.45) is -5.49. The number of Topliss-reactive ketones (excluding diaryl/α,β-unsaturated/α-hetero) is 1. The van der Waals surface area contributed by atoms with Gasteiger partial charge in [-0.15, -0.1) is 0 Å². The molecule has 0 fully saturated rings. The van der Waals surface area contributed by atoms with Gasteiger partial charge in [0.15, 0.2) is 0 Å². The average molecular weight is 233 g/mol. The highest BCUT2D eigenvalue weighted by Gasteiger charge is 2.37. The van der Waals surface area contributed by atoms with E-state index < -0.39 is 18.4 Å². The molecule has 0 aliphatic carbocycles. The largest absolute Gasteiger partial charge is 0.481 e. The van der Waals surface area contributed by atoms with E-state index in [2.05, 4.69) is 4.98 Å². The molecule has 0 bridgehead atoms. The Morgan fingerprint density at radius 2 is 2.06 bits per heavy atom. The molecular weight excluding hydrogens is 223 g/mol. The van der Waals surface area contributed by atoms with Gasteiger partial charge in [-0.2, -0.15) is 13.2 Å². The lowest BCUT2D eigenvalue weighted by Gasteiger charge is -2.07. The Kier molecular flexibility index (Phi) is 3.51. The number of nitrogens with zero attached hydrogens (tertiary/aromatic N) is 1. The smallest absolute Gasteiger partial charge is 0.450 e. The first kappa shape index (κ1) is 12.5. The highest BCUT2D eigenvalue weighted by Crippen LogP contribution is 2.20. The van der Waals surface area contributed by atoms with Gasteiger partial charge in [-0.3, -0.25) is 4.79 Å². The lowest BCUT2D eigenvalue weighted by Crippen LogP contribution is -2.24. The number of rotatable bonds is 3. The van der Waals surface area contributed by atoms with Crippen molar-refractivity contribution >= 4 is 5.78 Å². The Hall–Kier alpha value is -1.59. The lowest BCUT2D eigenvalue weighted by molar-refractivity contribution is -0.170. The van der Waals surface area contributed by atoms with Crippen LogP contribution < -0.4 is 4.74 Å². The van der Waals surface area contributed by atoms with Crippen LogP contribution in [0.15, 0.2) is 12.1 Å². The molecule has 88 valence electrons. The van der Waals surface area contributed by atoms with E-state index in [0.717, 1.165) is 0 Å². The fourth-order valence-corrected chi connectivity index (χ4v) is 1.20. The van der Waals surface area contributed by atoms with Gasteiger partial charge < -0.3 is 4.74 Å². The van der Waals surface area contributed by atoms with Gasteiger partial charge in [0.2, 0.25) is 11.7 Å². The third-order valence-corrected chi connectivity index (χ3v) is 1.88. The van der Waals surface area contributed by atoms with E-state index in [1.165, 1.54) is 19.2 Å². The van der Waals surface area contributed by atoms with Crippen molar-refractivity contribution in [2.45, 2.75) is 19.5 Å². The topological polar surface area (TPSA) is 39.2 Å². The minimum Gasteiger partial charge on any atom is -0.481 e. The van der Waals surface area contributed by atoms with Crippen molar-refractivity contribution < 1.29 is 22.7 Å². The molecule has 1 aromatic heterocycles. The van der Waals surface area contributed by atoms with Gasteiger partial charge in [-0.1, -0.05) is 0 Å². The van der Waals surface area contributed by atoms with Gasteiger partial charge in [0.1, 0.15) is 0 Å². The van der Waals surface area contributed by atoms with Crippen molar-refractivity contribution in [1.82, 2.24) is 4.98 Å². The van der Waals surface area contributed by atoms with E-state index >= 15 is 0 Å². The Morgan fingerprint density at radius 3 is 2.56 bits per heavy atom. The number of carbonyl (C=O) groups excluding carboxylic acids is 1. The van der Waals surface area contributed by atoms with Crippen molar-refractivity contribution in [3.8, 4) is 5.88 Å². The van der Waals surface area contributed by atoms with Crippen LogP contribution in [0.3, 0.4) is 0 Å². The summed E-state index contributed by atoms with van der Waals surface area (Å²) >= 11 is 0. The summed E-state index contributed by atoms with van der Waals surface area (Å²) < 4.78 is 40.9. The number of methoxy groups -OCH3 is 1. The molecule has 1 heterocycles. The second-order valence-electron chi connectivity index (χ2n) is 3.26. The third kappa shape index (κ3) is 3.22. The molecule has 0 saturated carbocycles. The summed E-state index contributed by atoms with van der Waals surface area (Å²) in [6, 6.07) is 2.74. The van der Waals surface area contributed by atoms with Crippen molar-refractivity contribution in [2.24, 2.45) is 0 Å². The first-order valence-electron chi connectivity index (χ1n) is 4.44. The molecule has 6 heteroatoms. The molecule has 3 nitrogen and oxygen atoms in total. The molecule has 1 rings (SSSR count). The zero-order valence-electron chi connectivity index (χ0n) is 8.76. The van der Waals surface area contributed by atoms with Crippen LogP contribution in [0.25, 0.3) is 0 Å². The van der Waals surface area contributed by atoms with Gasteiger partial charge in [0, 0.05) is 18.2 Å². The summed E-state index contributed by atoms with van der Waals surface area (Å²) in [5.74, 6) is -1.58. The van der Waals surface area contributed by atoms with Crippen LogP contribution in [-0.4, -0.2) is 24.1 Å². The summed E-state index contributed by atoms with van der Waals surface area (Å²) in [7, 11) is 1.36. The number of aromatic nitrogens is 1. The fraction of sp³-hybridized carbons (Fsp3) is 0.400. The maximum Gasteiger partial charge on any atom is 0.450 e. The van der Waals surface area contributed by atoms with E-state index in [9.17, 15) is 18.0 Å². The van der Waals surface area contributed by atoms with Crippen molar-refractivity contribution in [2.75, 3.05) is 7.11 Å².